The zero-order valence-corrected chi connectivity index (χ0v) is 14.0. The Balaban J connectivity index is 0.00000176. The van der Waals surface area contributed by atoms with E-state index in [0.29, 0.717) is 6.04 Å². The van der Waals surface area contributed by atoms with Crippen LogP contribution in [0.4, 0.5) is 5.69 Å². The van der Waals surface area contributed by atoms with Gasteiger partial charge < -0.3 is 15.3 Å². The molecule has 2 saturated heterocycles. The molecule has 2 aliphatic heterocycles. The van der Waals surface area contributed by atoms with Gasteiger partial charge in [-0.25, -0.2) is 0 Å². The molecule has 1 aromatic carbocycles. The minimum absolute atomic E-state index is 0. The maximum Gasteiger partial charge on any atom is 0.0449 e. The quantitative estimate of drug-likeness (QED) is 0.869. The Hall–Kier alpha value is -0.810. The molecule has 1 aromatic rings. The van der Waals surface area contributed by atoms with Crippen molar-refractivity contribution in [3.63, 3.8) is 0 Å². The molecule has 0 saturated carbocycles. The summed E-state index contributed by atoms with van der Waals surface area (Å²) in [6.07, 6.45) is 3.45. The number of hydrogen-bond acceptors (Lipinski definition) is 4. The normalized spacial score (nSPS) is 20.7. The molecule has 4 nitrogen and oxygen atoms in total. The smallest absolute Gasteiger partial charge is 0.0449 e. The minimum Gasteiger partial charge on any atom is -0.396 e. The average Bonchev–Trinajstić information content (AvgIpc) is 3.08. The first kappa shape index (κ1) is 17.5. The molecule has 1 atom stereocenters. The van der Waals surface area contributed by atoms with Crippen molar-refractivity contribution < 1.29 is 5.11 Å². The van der Waals surface area contributed by atoms with Crippen LogP contribution < -0.4 is 10.2 Å². The highest BCUT2D eigenvalue weighted by Crippen LogP contribution is 2.27. The second kappa shape index (κ2) is 8.73. The van der Waals surface area contributed by atoms with E-state index in [4.69, 9.17) is 0 Å². The van der Waals surface area contributed by atoms with Crippen LogP contribution in [0.25, 0.3) is 0 Å². The Bertz CT molecular complexity index is 428. The zero-order chi connectivity index (χ0) is 14.5. The van der Waals surface area contributed by atoms with Gasteiger partial charge in [0.25, 0.3) is 0 Å². The number of piperazine rings is 1. The summed E-state index contributed by atoms with van der Waals surface area (Å²) in [5.74, 6) is 0. The number of aliphatic hydroxyl groups is 1. The van der Waals surface area contributed by atoms with Crippen LogP contribution in [-0.4, -0.2) is 55.9 Å². The molecule has 124 valence electrons. The van der Waals surface area contributed by atoms with Gasteiger partial charge in [0.15, 0.2) is 0 Å². The molecule has 0 spiro atoms. The summed E-state index contributed by atoms with van der Waals surface area (Å²) in [5, 5.41) is 12.8. The van der Waals surface area contributed by atoms with Crippen molar-refractivity contribution in [2.24, 2.45) is 0 Å². The van der Waals surface area contributed by atoms with Crippen LogP contribution in [0, 0.1) is 0 Å². The van der Waals surface area contributed by atoms with Gasteiger partial charge in [-0.15, -0.1) is 12.4 Å². The Kier molecular flexibility index (Phi) is 6.96. The molecule has 3 rings (SSSR count). The van der Waals surface area contributed by atoms with E-state index in [-0.39, 0.29) is 19.0 Å². The monoisotopic (exact) mass is 325 g/mol. The van der Waals surface area contributed by atoms with E-state index in [9.17, 15) is 5.11 Å². The first-order valence-corrected chi connectivity index (χ1v) is 8.29. The number of anilines is 1. The van der Waals surface area contributed by atoms with Crippen LogP contribution in [0.5, 0.6) is 0 Å². The van der Waals surface area contributed by atoms with E-state index < -0.39 is 0 Å². The van der Waals surface area contributed by atoms with Crippen LogP contribution in [0.1, 0.15) is 30.9 Å². The topological polar surface area (TPSA) is 38.7 Å². The first-order chi connectivity index (χ1) is 10.4. The average molecular weight is 326 g/mol. The van der Waals surface area contributed by atoms with Crippen molar-refractivity contribution in [1.82, 2.24) is 10.2 Å². The van der Waals surface area contributed by atoms with E-state index in [2.05, 4.69) is 39.4 Å². The maximum atomic E-state index is 9.41. The van der Waals surface area contributed by atoms with E-state index in [1.807, 2.05) is 0 Å². The third-order valence-electron chi connectivity index (χ3n) is 4.74. The predicted molar refractivity (Wildman–Crippen MR) is 94.0 cm³/mol. The molecule has 0 amide bonds. The van der Waals surface area contributed by atoms with Crippen molar-refractivity contribution in [3.05, 3.63) is 29.8 Å². The first-order valence-electron chi connectivity index (χ1n) is 8.29. The van der Waals surface area contributed by atoms with Gasteiger partial charge in [0.2, 0.25) is 0 Å². The van der Waals surface area contributed by atoms with Gasteiger partial charge in [-0.1, -0.05) is 12.1 Å². The standard InChI is InChI=1S/C17H27N3O.ClH/c21-14-7-17(20-12-8-18-9-13-20)15-3-5-16(6-4-15)19-10-1-2-11-19;/h3-6,17-18,21H,1-2,7-14H2;1H/t17-;/m1./s1. The Morgan fingerprint density at radius 2 is 1.64 bits per heavy atom. The summed E-state index contributed by atoms with van der Waals surface area (Å²) in [4.78, 5) is 4.97. The van der Waals surface area contributed by atoms with Crippen LogP contribution in [0.2, 0.25) is 0 Å². The summed E-state index contributed by atoms with van der Waals surface area (Å²) in [6, 6.07) is 9.39. The van der Waals surface area contributed by atoms with Crippen LogP contribution in [0.3, 0.4) is 0 Å². The lowest BCUT2D eigenvalue weighted by atomic mass is 10.0. The molecule has 0 radical (unpaired) electrons. The van der Waals surface area contributed by atoms with E-state index in [0.717, 1.165) is 32.6 Å². The van der Waals surface area contributed by atoms with E-state index >= 15 is 0 Å². The number of hydrogen-bond donors (Lipinski definition) is 2. The Morgan fingerprint density at radius 1 is 1.00 bits per heavy atom. The minimum atomic E-state index is 0. The molecule has 0 aromatic heterocycles. The lowest BCUT2D eigenvalue weighted by molar-refractivity contribution is 0.141. The lowest BCUT2D eigenvalue weighted by Gasteiger charge is -2.35. The molecule has 0 unspecified atom stereocenters. The highest BCUT2D eigenvalue weighted by atomic mass is 35.5. The number of rotatable bonds is 5. The van der Waals surface area contributed by atoms with Crippen molar-refractivity contribution in [3.8, 4) is 0 Å². The number of aliphatic hydroxyl groups excluding tert-OH is 1. The molecule has 0 aliphatic carbocycles. The second-order valence-electron chi connectivity index (χ2n) is 6.10. The molecule has 5 heteroatoms. The molecule has 2 N–H and O–H groups in total. The summed E-state index contributed by atoms with van der Waals surface area (Å²) in [6.45, 7) is 6.87. The maximum absolute atomic E-state index is 9.41. The number of nitrogens with one attached hydrogen (secondary N) is 1. The molecule has 2 fully saturated rings. The molecular formula is C17H28ClN3O. The molecular weight excluding hydrogens is 298 g/mol. The fourth-order valence-electron chi connectivity index (χ4n) is 3.56. The largest absolute Gasteiger partial charge is 0.396 e. The van der Waals surface area contributed by atoms with Crippen LogP contribution in [-0.2, 0) is 0 Å². The Labute approximate surface area is 139 Å². The summed E-state index contributed by atoms with van der Waals surface area (Å²) >= 11 is 0. The highest BCUT2D eigenvalue weighted by molar-refractivity contribution is 5.85. The van der Waals surface area contributed by atoms with Crippen molar-refractivity contribution in [2.45, 2.75) is 25.3 Å². The van der Waals surface area contributed by atoms with Crippen molar-refractivity contribution >= 4 is 18.1 Å². The fourth-order valence-corrected chi connectivity index (χ4v) is 3.56. The van der Waals surface area contributed by atoms with E-state index in [1.165, 1.54) is 37.2 Å². The Morgan fingerprint density at radius 3 is 2.23 bits per heavy atom. The van der Waals surface area contributed by atoms with Gasteiger partial charge in [0.1, 0.15) is 0 Å². The van der Waals surface area contributed by atoms with Gasteiger partial charge >= 0.3 is 0 Å². The SMILES string of the molecule is Cl.OCC[C@H](c1ccc(N2CCCC2)cc1)N1CCNCC1. The fraction of sp³-hybridized carbons (Fsp3) is 0.647. The van der Waals surface area contributed by atoms with Gasteiger partial charge in [-0.2, -0.15) is 0 Å². The van der Waals surface area contributed by atoms with Crippen molar-refractivity contribution in [1.29, 1.82) is 0 Å². The zero-order valence-electron chi connectivity index (χ0n) is 13.2. The van der Waals surface area contributed by atoms with Crippen LogP contribution in [0.15, 0.2) is 24.3 Å². The van der Waals surface area contributed by atoms with Crippen LogP contribution >= 0.6 is 12.4 Å². The highest BCUT2D eigenvalue weighted by Gasteiger charge is 2.22. The van der Waals surface area contributed by atoms with Gasteiger partial charge in [0.05, 0.1) is 0 Å². The number of nitrogens with zero attached hydrogens (tertiary/aromatic N) is 2. The van der Waals surface area contributed by atoms with Crippen molar-refractivity contribution in [2.75, 3.05) is 50.8 Å². The molecule has 2 aliphatic rings. The number of benzene rings is 1. The molecule has 0 bridgehead atoms. The lowest BCUT2D eigenvalue weighted by Crippen LogP contribution is -2.45. The third-order valence-corrected chi connectivity index (χ3v) is 4.74. The summed E-state index contributed by atoms with van der Waals surface area (Å²) < 4.78 is 0. The summed E-state index contributed by atoms with van der Waals surface area (Å²) in [5.41, 5.74) is 2.69. The predicted octanol–water partition coefficient (Wildman–Crippen LogP) is 2.04. The molecule has 22 heavy (non-hydrogen) atoms. The van der Waals surface area contributed by atoms with Gasteiger partial charge in [0, 0.05) is 57.6 Å². The number of halogens is 1. The third kappa shape index (κ3) is 4.13. The van der Waals surface area contributed by atoms with Gasteiger partial charge in [-0.3, -0.25) is 4.90 Å². The molecule has 2 heterocycles. The second-order valence-corrected chi connectivity index (χ2v) is 6.10. The van der Waals surface area contributed by atoms with Gasteiger partial charge in [-0.05, 0) is 37.0 Å². The summed E-state index contributed by atoms with van der Waals surface area (Å²) in [7, 11) is 0. The van der Waals surface area contributed by atoms with E-state index in [1.54, 1.807) is 0 Å².